The van der Waals surface area contributed by atoms with Crippen molar-refractivity contribution in [2.45, 2.75) is 19.6 Å². The third-order valence-corrected chi connectivity index (χ3v) is 4.26. The van der Waals surface area contributed by atoms with Gasteiger partial charge in [0.05, 0.1) is 5.75 Å². The number of hydrogen-bond donors (Lipinski definition) is 2. The lowest BCUT2D eigenvalue weighted by molar-refractivity contribution is -0.119. The monoisotopic (exact) mass is 328 g/mol. The fraction of sp³-hybridized carbons (Fsp3) is 0.222. The van der Waals surface area contributed by atoms with Gasteiger partial charge in [-0.2, -0.15) is 0 Å². The quantitative estimate of drug-likeness (QED) is 0.830. The Morgan fingerprint density at radius 1 is 0.870 bits per heavy atom. The van der Waals surface area contributed by atoms with Gasteiger partial charge in [0.1, 0.15) is 0 Å². The molecule has 0 aliphatic rings. The molecular formula is C18H20N2O2S. The number of benzene rings is 2. The summed E-state index contributed by atoms with van der Waals surface area (Å²) in [6, 6.07) is 15.4. The van der Waals surface area contributed by atoms with Crippen molar-refractivity contribution in [2.75, 3.05) is 5.75 Å². The number of amides is 2. The van der Waals surface area contributed by atoms with E-state index in [1.807, 2.05) is 26.0 Å². The molecule has 0 atom stereocenters. The molecule has 0 radical (unpaired) electrons. The normalized spacial score (nSPS) is 10.2. The highest BCUT2D eigenvalue weighted by atomic mass is 32.2. The Bertz CT molecular complexity index is 666. The zero-order chi connectivity index (χ0) is 16.7. The van der Waals surface area contributed by atoms with E-state index in [1.54, 1.807) is 12.1 Å². The molecule has 0 unspecified atom stereocenters. The first-order chi connectivity index (χ1) is 11.0. The van der Waals surface area contributed by atoms with Gasteiger partial charge in [0, 0.05) is 11.3 Å². The van der Waals surface area contributed by atoms with Gasteiger partial charge in [-0.3, -0.25) is 20.4 Å². The standard InChI is InChI=1S/C18H20N2O2S/c1-13-3-7-15(8-4-13)11-23-12-17(21)19-20-18(22)16-9-5-14(2)6-10-16/h3-10H,11-12H2,1-2H3,(H,19,21)(H,20,22). The minimum absolute atomic E-state index is 0.220. The van der Waals surface area contributed by atoms with Gasteiger partial charge in [0.15, 0.2) is 0 Å². The Morgan fingerprint density at radius 3 is 2.04 bits per heavy atom. The Balaban J connectivity index is 1.69. The van der Waals surface area contributed by atoms with E-state index in [0.29, 0.717) is 11.3 Å². The van der Waals surface area contributed by atoms with Crippen LogP contribution in [0, 0.1) is 13.8 Å². The summed E-state index contributed by atoms with van der Waals surface area (Å²) in [4.78, 5) is 23.6. The van der Waals surface area contributed by atoms with Gasteiger partial charge >= 0.3 is 0 Å². The van der Waals surface area contributed by atoms with Gasteiger partial charge in [-0.05, 0) is 31.5 Å². The number of carbonyl (C=O) groups excluding carboxylic acids is 2. The Hall–Kier alpha value is -2.27. The smallest absolute Gasteiger partial charge is 0.269 e. The molecule has 2 amide bonds. The molecular weight excluding hydrogens is 308 g/mol. The molecule has 2 aromatic carbocycles. The largest absolute Gasteiger partial charge is 0.272 e. The fourth-order valence-electron chi connectivity index (χ4n) is 1.89. The second kappa shape index (κ2) is 8.39. The molecule has 0 spiro atoms. The minimum Gasteiger partial charge on any atom is -0.272 e. The summed E-state index contributed by atoms with van der Waals surface area (Å²) in [7, 11) is 0. The molecule has 2 aromatic rings. The van der Waals surface area contributed by atoms with Crippen LogP contribution in [0.1, 0.15) is 27.0 Å². The first-order valence-corrected chi connectivity index (χ1v) is 8.49. The first kappa shape index (κ1) is 17.1. The number of thioether (sulfide) groups is 1. The zero-order valence-electron chi connectivity index (χ0n) is 13.3. The molecule has 120 valence electrons. The molecule has 4 nitrogen and oxygen atoms in total. The van der Waals surface area contributed by atoms with E-state index in [2.05, 4.69) is 35.1 Å². The number of rotatable bonds is 5. The summed E-state index contributed by atoms with van der Waals surface area (Å²) in [6.07, 6.45) is 0. The van der Waals surface area contributed by atoms with E-state index in [1.165, 1.54) is 22.9 Å². The van der Waals surface area contributed by atoms with Crippen LogP contribution in [0.25, 0.3) is 0 Å². The van der Waals surface area contributed by atoms with Crippen LogP contribution >= 0.6 is 11.8 Å². The van der Waals surface area contributed by atoms with Gasteiger partial charge in [-0.25, -0.2) is 0 Å². The van der Waals surface area contributed by atoms with E-state index in [9.17, 15) is 9.59 Å². The summed E-state index contributed by atoms with van der Waals surface area (Å²) in [6.45, 7) is 4.00. The van der Waals surface area contributed by atoms with Crippen LogP contribution in [0.3, 0.4) is 0 Å². The number of hydrogen-bond acceptors (Lipinski definition) is 3. The highest BCUT2D eigenvalue weighted by molar-refractivity contribution is 7.99. The molecule has 23 heavy (non-hydrogen) atoms. The zero-order valence-corrected chi connectivity index (χ0v) is 14.1. The third kappa shape index (κ3) is 5.79. The van der Waals surface area contributed by atoms with Crippen LogP contribution in [0.5, 0.6) is 0 Å². The van der Waals surface area contributed by atoms with E-state index >= 15 is 0 Å². The summed E-state index contributed by atoms with van der Waals surface area (Å²) in [5.74, 6) is 0.520. The molecule has 5 heteroatoms. The van der Waals surface area contributed by atoms with E-state index in [-0.39, 0.29) is 11.8 Å². The Morgan fingerprint density at radius 2 is 1.43 bits per heavy atom. The lowest BCUT2D eigenvalue weighted by Gasteiger charge is -2.07. The average molecular weight is 328 g/mol. The van der Waals surface area contributed by atoms with Gasteiger partial charge in [-0.1, -0.05) is 47.5 Å². The van der Waals surface area contributed by atoms with Gasteiger partial charge in [0.2, 0.25) is 5.91 Å². The number of nitrogens with one attached hydrogen (secondary N) is 2. The molecule has 0 heterocycles. The second-order valence-electron chi connectivity index (χ2n) is 5.35. The van der Waals surface area contributed by atoms with Crippen molar-refractivity contribution in [3.8, 4) is 0 Å². The highest BCUT2D eigenvalue weighted by Gasteiger charge is 2.07. The number of aryl methyl sites for hydroxylation is 2. The maximum absolute atomic E-state index is 11.9. The van der Waals surface area contributed by atoms with Crippen molar-refractivity contribution in [1.29, 1.82) is 0 Å². The molecule has 2 N–H and O–H groups in total. The summed E-state index contributed by atoms with van der Waals surface area (Å²) >= 11 is 1.51. The van der Waals surface area contributed by atoms with E-state index < -0.39 is 0 Å². The van der Waals surface area contributed by atoms with Gasteiger partial charge in [-0.15, -0.1) is 11.8 Å². The van der Waals surface area contributed by atoms with Crippen molar-refractivity contribution in [3.63, 3.8) is 0 Å². The predicted molar refractivity (Wildman–Crippen MR) is 94.1 cm³/mol. The van der Waals surface area contributed by atoms with Gasteiger partial charge in [0.25, 0.3) is 5.91 Å². The van der Waals surface area contributed by atoms with Gasteiger partial charge < -0.3 is 0 Å². The minimum atomic E-state index is -0.318. The molecule has 0 saturated carbocycles. The van der Waals surface area contributed by atoms with Crippen LogP contribution in [0.2, 0.25) is 0 Å². The number of carbonyl (C=O) groups is 2. The average Bonchev–Trinajstić information content (AvgIpc) is 2.55. The fourth-order valence-corrected chi connectivity index (χ4v) is 2.67. The van der Waals surface area contributed by atoms with Crippen LogP contribution in [-0.4, -0.2) is 17.6 Å². The van der Waals surface area contributed by atoms with E-state index in [4.69, 9.17) is 0 Å². The highest BCUT2D eigenvalue weighted by Crippen LogP contribution is 2.12. The lowest BCUT2D eigenvalue weighted by Crippen LogP contribution is -2.42. The van der Waals surface area contributed by atoms with Crippen LogP contribution < -0.4 is 10.9 Å². The number of hydrazine groups is 1. The van der Waals surface area contributed by atoms with Crippen molar-refractivity contribution >= 4 is 23.6 Å². The molecule has 0 aliphatic heterocycles. The molecule has 0 aromatic heterocycles. The first-order valence-electron chi connectivity index (χ1n) is 7.34. The maximum atomic E-state index is 11.9. The van der Waals surface area contributed by atoms with E-state index in [0.717, 1.165) is 11.3 Å². The Labute approximate surface area is 140 Å². The van der Waals surface area contributed by atoms with Crippen molar-refractivity contribution in [3.05, 3.63) is 70.8 Å². The lowest BCUT2D eigenvalue weighted by atomic mass is 10.1. The molecule has 2 rings (SSSR count). The Kier molecular flexibility index (Phi) is 6.23. The van der Waals surface area contributed by atoms with Crippen molar-refractivity contribution in [1.82, 2.24) is 10.9 Å². The molecule has 0 saturated heterocycles. The predicted octanol–water partition coefficient (Wildman–Crippen LogP) is 3.00. The molecule has 0 aliphatic carbocycles. The van der Waals surface area contributed by atoms with Crippen LogP contribution in [0.4, 0.5) is 0 Å². The van der Waals surface area contributed by atoms with Crippen LogP contribution in [0.15, 0.2) is 48.5 Å². The third-order valence-electron chi connectivity index (χ3n) is 3.25. The summed E-state index contributed by atoms with van der Waals surface area (Å²) in [5, 5.41) is 0. The maximum Gasteiger partial charge on any atom is 0.269 e. The van der Waals surface area contributed by atoms with Crippen LogP contribution in [-0.2, 0) is 10.5 Å². The molecule has 0 fully saturated rings. The SMILES string of the molecule is Cc1ccc(CSCC(=O)NNC(=O)c2ccc(C)cc2)cc1. The molecule has 0 bridgehead atoms. The topological polar surface area (TPSA) is 58.2 Å². The van der Waals surface area contributed by atoms with Crippen molar-refractivity contribution in [2.24, 2.45) is 0 Å². The van der Waals surface area contributed by atoms with Crippen molar-refractivity contribution < 1.29 is 9.59 Å². The summed E-state index contributed by atoms with van der Waals surface area (Å²) < 4.78 is 0. The summed E-state index contributed by atoms with van der Waals surface area (Å²) in [5.41, 5.74) is 8.85. The second-order valence-corrected chi connectivity index (χ2v) is 6.33.